The second kappa shape index (κ2) is 7.72. The van der Waals surface area contributed by atoms with Crippen LogP contribution < -0.4 is 5.73 Å². The van der Waals surface area contributed by atoms with E-state index in [1.54, 1.807) is 12.1 Å². The molecule has 2 aromatic carbocycles. The molecule has 1 aromatic heterocycles. The van der Waals surface area contributed by atoms with Crippen LogP contribution in [-0.4, -0.2) is 22.6 Å². The molecule has 0 saturated heterocycles. The Kier molecular flexibility index (Phi) is 5.12. The van der Waals surface area contributed by atoms with Gasteiger partial charge in [0.2, 0.25) is 16.0 Å². The number of nitrogens with two attached hydrogens (primary N) is 1. The summed E-state index contributed by atoms with van der Waals surface area (Å²) in [6.07, 6.45) is 5.64. The monoisotopic (exact) mass is 406 g/mol. The molecule has 0 atom stereocenters. The topological polar surface area (TPSA) is 102 Å². The first-order valence-corrected chi connectivity index (χ1v) is 11.2. The average molecular weight is 407 g/mol. The maximum absolute atomic E-state index is 13.3. The minimum Gasteiger partial charge on any atom is -0.368 e. The molecular weight excluding hydrogens is 384 g/mol. The van der Waals surface area contributed by atoms with E-state index in [0.717, 1.165) is 36.0 Å². The first-order valence-electron chi connectivity index (χ1n) is 9.70. The minimum atomic E-state index is -3.65. The molecule has 1 heterocycles. The summed E-state index contributed by atoms with van der Waals surface area (Å²) in [5.41, 5.74) is 9.36. The maximum Gasteiger partial charge on any atom is 0.244 e. The van der Waals surface area contributed by atoms with Gasteiger partial charge in [0.15, 0.2) is 0 Å². The molecule has 6 nitrogen and oxygen atoms in total. The molecule has 3 aromatic rings. The van der Waals surface area contributed by atoms with Crippen LogP contribution in [0.1, 0.15) is 43.2 Å². The molecule has 2 N–H and O–H groups in total. The van der Waals surface area contributed by atoms with E-state index in [4.69, 9.17) is 5.73 Å². The van der Waals surface area contributed by atoms with Gasteiger partial charge >= 0.3 is 0 Å². The predicted octanol–water partition coefficient (Wildman–Crippen LogP) is 4.08. The zero-order valence-corrected chi connectivity index (χ0v) is 16.8. The number of hydrogen-bond acceptors (Lipinski definition) is 5. The van der Waals surface area contributed by atoms with Crippen LogP contribution in [0.5, 0.6) is 0 Å². The van der Waals surface area contributed by atoms with Crippen LogP contribution in [-0.2, 0) is 10.0 Å². The second-order valence-corrected chi connectivity index (χ2v) is 9.36. The van der Waals surface area contributed by atoms with Crippen molar-refractivity contribution in [2.24, 2.45) is 0 Å². The molecule has 1 fully saturated rings. The van der Waals surface area contributed by atoms with Gasteiger partial charge in [0.05, 0.1) is 22.4 Å². The molecule has 0 unspecified atom stereocenters. The third-order valence-electron chi connectivity index (χ3n) is 5.47. The van der Waals surface area contributed by atoms with E-state index in [-0.39, 0.29) is 5.95 Å². The lowest BCUT2D eigenvalue weighted by molar-refractivity contribution is 0.480. The lowest BCUT2D eigenvalue weighted by Gasteiger charge is -2.22. The Balaban J connectivity index is 1.87. The average Bonchev–Trinajstić information content (AvgIpc) is 3.09. The van der Waals surface area contributed by atoms with E-state index in [2.05, 4.69) is 11.1 Å². The van der Waals surface area contributed by atoms with Crippen molar-refractivity contribution in [3.05, 3.63) is 65.7 Å². The summed E-state index contributed by atoms with van der Waals surface area (Å²) >= 11 is 0. The summed E-state index contributed by atoms with van der Waals surface area (Å²) in [5.74, 6) is -0.0201. The summed E-state index contributed by atoms with van der Waals surface area (Å²) in [7, 11) is -3.65. The number of benzene rings is 2. The van der Waals surface area contributed by atoms with Crippen LogP contribution >= 0.6 is 0 Å². The van der Waals surface area contributed by atoms with Crippen LogP contribution in [0.15, 0.2) is 54.6 Å². The first kappa shape index (κ1) is 19.2. The van der Waals surface area contributed by atoms with Crippen molar-refractivity contribution in [3.63, 3.8) is 0 Å². The normalized spacial score (nSPS) is 16.0. The molecule has 0 bridgehead atoms. The van der Waals surface area contributed by atoms with Gasteiger partial charge in [-0.25, -0.2) is 17.4 Å². The third kappa shape index (κ3) is 3.52. The number of fused-ring (bicyclic) bond motifs is 1. The number of anilines is 1. The SMILES string of the molecule is N#C/C=C(\c1ccccc1)c1ccc2nc(N)n(S(=O)(=O)C3CCCCC3)c2c1. The van der Waals surface area contributed by atoms with Gasteiger partial charge in [0, 0.05) is 6.08 Å². The molecular formula is C22H22N4O2S. The molecule has 148 valence electrons. The standard InChI is InChI=1S/C22H22N4O2S/c23-14-13-19(16-7-3-1-4-8-16)17-11-12-20-21(15-17)26(22(24)25-20)29(27,28)18-9-5-2-6-10-18/h1,3-4,7-8,11-13,15,18H,2,5-6,9-10H2,(H2,24,25)/b19-13+. The summed E-state index contributed by atoms with van der Waals surface area (Å²) in [4.78, 5) is 4.27. The Bertz CT molecular complexity index is 1210. The fourth-order valence-electron chi connectivity index (χ4n) is 4.04. The van der Waals surface area contributed by atoms with Gasteiger partial charge in [0.1, 0.15) is 0 Å². The molecule has 1 saturated carbocycles. The van der Waals surface area contributed by atoms with Gasteiger partial charge in [-0.3, -0.25) is 0 Å². The minimum absolute atomic E-state index is 0.0201. The lowest BCUT2D eigenvalue weighted by Crippen LogP contribution is -2.30. The zero-order valence-electron chi connectivity index (χ0n) is 16.0. The highest BCUT2D eigenvalue weighted by molar-refractivity contribution is 7.90. The Labute approximate surface area is 170 Å². The van der Waals surface area contributed by atoms with Gasteiger partial charge in [-0.2, -0.15) is 5.26 Å². The van der Waals surface area contributed by atoms with Crippen molar-refractivity contribution >= 4 is 32.6 Å². The number of imidazole rings is 1. The van der Waals surface area contributed by atoms with Gasteiger partial charge in [0.25, 0.3) is 0 Å². The van der Waals surface area contributed by atoms with Crippen LogP contribution in [0, 0.1) is 11.3 Å². The van der Waals surface area contributed by atoms with Crippen LogP contribution in [0.4, 0.5) is 5.95 Å². The van der Waals surface area contributed by atoms with Gasteiger partial charge < -0.3 is 5.73 Å². The Morgan fingerprint density at radius 1 is 1.10 bits per heavy atom. The predicted molar refractivity (Wildman–Crippen MR) is 114 cm³/mol. The molecule has 29 heavy (non-hydrogen) atoms. The Morgan fingerprint density at radius 2 is 1.83 bits per heavy atom. The maximum atomic E-state index is 13.3. The van der Waals surface area contributed by atoms with E-state index < -0.39 is 15.3 Å². The van der Waals surface area contributed by atoms with E-state index in [1.807, 2.05) is 36.4 Å². The molecule has 4 rings (SSSR count). The Morgan fingerprint density at radius 3 is 2.52 bits per heavy atom. The van der Waals surface area contributed by atoms with Gasteiger partial charge in [-0.05, 0) is 41.7 Å². The van der Waals surface area contributed by atoms with E-state index in [0.29, 0.717) is 23.9 Å². The number of aromatic nitrogens is 2. The molecule has 7 heteroatoms. The third-order valence-corrected chi connectivity index (χ3v) is 7.68. The van der Waals surface area contributed by atoms with Crippen LogP contribution in [0.3, 0.4) is 0 Å². The number of hydrogen-bond donors (Lipinski definition) is 1. The molecule has 1 aliphatic rings. The van der Waals surface area contributed by atoms with E-state index in [9.17, 15) is 13.7 Å². The van der Waals surface area contributed by atoms with E-state index >= 15 is 0 Å². The quantitative estimate of drug-likeness (QED) is 0.658. The number of allylic oxidation sites excluding steroid dienone is 1. The molecule has 0 radical (unpaired) electrons. The number of nitrogen functional groups attached to an aromatic ring is 1. The number of nitriles is 1. The fourth-order valence-corrected chi connectivity index (χ4v) is 5.98. The molecule has 0 spiro atoms. The van der Waals surface area contributed by atoms with Crippen LogP contribution in [0.2, 0.25) is 0 Å². The van der Waals surface area contributed by atoms with E-state index in [1.165, 1.54) is 10.0 Å². The molecule has 1 aliphatic carbocycles. The second-order valence-electron chi connectivity index (χ2n) is 7.30. The Hall–Kier alpha value is -3.11. The largest absolute Gasteiger partial charge is 0.368 e. The first-order chi connectivity index (χ1) is 14.0. The van der Waals surface area contributed by atoms with Crippen molar-refractivity contribution in [2.45, 2.75) is 37.4 Å². The summed E-state index contributed by atoms with van der Waals surface area (Å²) in [6, 6.07) is 17.0. The fraction of sp³-hybridized carbons (Fsp3) is 0.273. The number of rotatable bonds is 4. The van der Waals surface area contributed by atoms with Crippen molar-refractivity contribution in [2.75, 3.05) is 5.73 Å². The van der Waals surface area contributed by atoms with Gasteiger partial charge in [-0.15, -0.1) is 0 Å². The molecule has 0 amide bonds. The summed E-state index contributed by atoms with van der Waals surface area (Å²) in [5, 5.41) is 8.83. The molecule has 0 aliphatic heterocycles. The number of nitrogens with zero attached hydrogens (tertiary/aromatic N) is 3. The summed E-state index contributed by atoms with van der Waals surface area (Å²) in [6.45, 7) is 0. The lowest BCUT2D eigenvalue weighted by atomic mass is 9.97. The highest BCUT2D eigenvalue weighted by atomic mass is 32.2. The highest BCUT2D eigenvalue weighted by Gasteiger charge is 2.32. The van der Waals surface area contributed by atoms with Crippen molar-refractivity contribution in [1.82, 2.24) is 8.96 Å². The highest BCUT2D eigenvalue weighted by Crippen LogP contribution is 2.32. The van der Waals surface area contributed by atoms with Crippen molar-refractivity contribution in [3.8, 4) is 6.07 Å². The zero-order chi connectivity index (χ0) is 20.4. The van der Waals surface area contributed by atoms with Gasteiger partial charge in [-0.1, -0.05) is 55.7 Å². The van der Waals surface area contributed by atoms with Crippen molar-refractivity contribution < 1.29 is 8.42 Å². The van der Waals surface area contributed by atoms with Crippen LogP contribution in [0.25, 0.3) is 16.6 Å². The smallest absolute Gasteiger partial charge is 0.244 e. The van der Waals surface area contributed by atoms with Crippen molar-refractivity contribution in [1.29, 1.82) is 5.26 Å². The summed E-state index contributed by atoms with van der Waals surface area (Å²) < 4.78 is 27.9.